The maximum absolute atomic E-state index is 5.78. The van der Waals surface area contributed by atoms with Crippen molar-refractivity contribution in [2.24, 2.45) is 0 Å². The van der Waals surface area contributed by atoms with E-state index in [-0.39, 0.29) is 0 Å². The summed E-state index contributed by atoms with van der Waals surface area (Å²) in [5.74, 6) is 0.485. The first-order valence-electron chi connectivity index (χ1n) is 4.05. The SMILES string of the molecule is CCO/C(O[Si](C)(C)C)=C(\C)Cl. The molecule has 0 unspecified atom stereocenters. The second-order valence-corrected chi connectivity index (χ2v) is 8.46. The Morgan fingerprint density at radius 2 is 1.83 bits per heavy atom. The molecule has 0 saturated carbocycles. The van der Waals surface area contributed by atoms with Crippen LogP contribution in [0.2, 0.25) is 19.6 Å². The van der Waals surface area contributed by atoms with Gasteiger partial charge >= 0.3 is 0 Å². The first-order chi connectivity index (χ1) is 5.37. The molecule has 0 aromatic rings. The van der Waals surface area contributed by atoms with Gasteiger partial charge in [-0.25, -0.2) is 0 Å². The Hall–Kier alpha value is -0.153. The molecule has 0 aromatic heterocycles. The summed E-state index contributed by atoms with van der Waals surface area (Å²) in [5.41, 5.74) is 0. The number of allylic oxidation sites excluding steroid dienone is 1. The number of halogens is 1. The lowest BCUT2D eigenvalue weighted by Gasteiger charge is -2.21. The molecule has 0 aliphatic heterocycles. The molecule has 2 nitrogen and oxygen atoms in total. The average Bonchev–Trinajstić information content (AvgIpc) is 1.83. The van der Waals surface area contributed by atoms with Crippen LogP contribution in [0.25, 0.3) is 0 Å². The Labute approximate surface area is 80.6 Å². The maximum atomic E-state index is 5.78. The summed E-state index contributed by atoms with van der Waals surface area (Å²) >= 11 is 5.78. The van der Waals surface area contributed by atoms with Crippen LogP contribution in [0.3, 0.4) is 0 Å². The minimum atomic E-state index is -1.59. The normalized spacial score (nSPS) is 13.8. The van der Waals surface area contributed by atoms with E-state index in [0.29, 0.717) is 17.6 Å². The van der Waals surface area contributed by atoms with Crippen LogP contribution in [0.4, 0.5) is 0 Å². The van der Waals surface area contributed by atoms with Crippen LogP contribution < -0.4 is 0 Å². The standard InChI is InChI=1S/C8H17ClO2Si/c1-6-10-8(7(2)9)11-12(3,4)5/h6H2,1-5H3/b8-7-. The molecule has 0 atom stereocenters. The minimum absolute atomic E-state index is 0.485. The Morgan fingerprint density at radius 3 is 2.08 bits per heavy atom. The largest absolute Gasteiger partial charge is 0.519 e. The van der Waals surface area contributed by atoms with Gasteiger partial charge in [-0.15, -0.1) is 0 Å². The lowest BCUT2D eigenvalue weighted by molar-refractivity contribution is 0.110. The molecule has 12 heavy (non-hydrogen) atoms. The van der Waals surface area contributed by atoms with E-state index in [0.717, 1.165) is 0 Å². The van der Waals surface area contributed by atoms with E-state index in [1.165, 1.54) is 0 Å². The van der Waals surface area contributed by atoms with Gasteiger partial charge in [-0.05, 0) is 33.5 Å². The Morgan fingerprint density at radius 1 is 1.33 bits per heavy atom. The summed E-state index contributed by atoms with van der Waals surface area (Å²) in [4.78, 5) is 0. The van der Waals surface area contributed by atoms with Crippen molar-refractivity contribution in [3.8, 4) is 0 Å². The molecule has 0 fully saturated rings. The van der Waals surface area contributed by atoms with Crippen molar-refractivity contribution in [1.29, 1.82) is 0 Å². The third kappa shape index (κ3) is 5.49. The number of hydrogen-bond donors (Lipinski definition) is 0. The third-order valence-electron chi connectivity index (χ3n) is 0.956. The molecule has 0 spiro atoms. The smallest absolute Gasteiger partial charge is 0.280 e. The monoisotopic (exact) mass is 208 g/mol. The van der Waals surface area contributed by atoms with Gasteiger partial charge in [-0.3, -0.25) is 0 Å². The highest BCUT2D eigenvalue weighted by atomic mass is 35.5. The van der Waals surface area contributed by atoms with Gasteiger partial charge in [0.1, 0.15) is 0 Å². The van der Waals surface area contributed by atoms with Crippen molar-refractivity contribution in [2.75, 3.05) is 6.61 Å². The van der Waals surface area contributed by atoms with E-state index < -0.39 is 8.32 Å². The Bertz CT molecular complexity index is 168. The lowest BCUT2D eigenvalue weighted by atomic mass is 10.7. The predicted octanol–water partition coefficient (Wildman–Crippen LogP) is 3.30. The first-order valence-corrected chi connectivity index (χ1v) is 7.83. The molecule has 0 aromatic carbocycles. The summed E-state index contributed by atoms with van der Waals surface area (Å²) in [6, 6.07) is 0. The van der Waals surface area contributed by atoms with Gasteiger partial charge in [0.25, 0.3) is 5.95 Å². The highest BCUT2D eigenvalue weighted by molar-refractivity contribution is 6.70. The first kappa shape index (κ1) is 11.8. The highest BCUT2D eigenvalue weighted by Gasteiger charge is 2.19. The van der Waals surface area contributed by atoms with Crippen LogP contribution in [-0.4, -0.2) is 14.9 Å². The topological polar surface area (TPSA) is 18.5 Å². The quantitative estimate of drug-likeness (QED) is 0.522. The fourth-order valence-corrected chi connectivity index (χ4v) is 1.53. The van der Waals surface area contributed by atoms with E-state index in [4.69, 9.17) is 20.8 Å². The molecule has 0 amide bonds. The molecular formula is C8H17ClO2Si. The molecule has 0 N–H and O–H groups in total. The van der Waals surface area contributed by atoms with Crippen LogP contribution in [0.5, 0.6) is 0 Å². The van der Waals surface area contributed by atoms with Crippen molar-refractivity contribution in [1.82, 2.24) is 0 Å². The maximum Gasteiger partial charge on any atom is 0.280 e. The van der Waals surface area contributed by atoms with E-state index >= 15 is 0 Å². The molecule has 72 valence electrons. The van der Waals surface area contributed by atoms with E-state index in [2.05, 4.69) is 19.6 Å². The molecule has 0 rings (SSSR count). The molecule has 0 bridgehead atoms. The molecule has 0 aliphatic rings. The minimum Gasteiger partial charge on any atom is -0.519 e. The second kappa shape index (κ2) is 4.77. The molecule has 0 radical (unpaired) electrons. The van der Waals surface area contributed by atoms with Gasteiger partial charge in [0, 0.05) is 0 Å². The van der Waals surface area contributed by atoms with Crippen molar-refractivity contribution >= 4 is 19.9 Å². The molecule has 0 aliphatic carbocycles. The van der Waals surface area contributed by atoms with E-state index in [9.17, 15) is 0 Å². The van der Waals surface area contributed by atoms with Gasteiger partial charge in [-0.2, -0.15) is 0 Å². The second-order valence-electron chi connectivity index (χ2n) is 3.47. The van der Waals surface area contributed by atoms with Crippen LogP contribution in [0, 0.1) is 0 Å². The number of ether oxygens (including phenoxy) is 1. The molecule has 0 saturated heterocycles. The van der Waals surface area contributed by atoms with Crippen LogP contribution in [0.15, 0.2) is 11.0 Å². The van der Waals surface area contributed by atoms with E-state index in [1.807, 2.05) is 6.92 Å². The van der Waals surface area contributed by atoms with Gasteiger partial charge in [0.05, 0.1) is 11.6 Å². The van der Waals surface area contributed by atoms with Crippen LogP contribution in [0.1, 0.15) is 13.8 Å². The lowest BCUT2D eigenvalue weighted by Crippen LogP contribution is -2.26. The molecule has 4 heteroatoms. The van der Waals surface area contributed by atoms with Crippen molar-refractivity contribution in [2.45, 2.75) is 33.5 Å². The fourth-order valence-electron chi connectivity index (χ4n) is 0.608. The van der Waals surface area contributed by atoms with Gasteiger partial charge in [0.15, 0.2) is 0 Å². The van der Waals surface area contributed by atoms with Crippen molar-refractivity contribution in [3.63, 3.8) is 0 Å². The van der Waals surface area contributed by atoms with Crippen molar-refractivity contribution < 1.29 is 9.16 Å². The van der Waals surface area contributed by atoms with Crippen molar-refractivity contribution in [3.05, 3.63) is 11.0 Å². The zero-order valence-electron chi connectivity index (χ0n) is 8.40. The van der Waals surface area contributed by atoms with Gasteiger partial charge in [0.2, 0.25) is 8.32 Å². The Balaban J connectivity index is 4.26. The van der Waals surface area contributed by atoms with Crippen LogP contribution >= 0.6 is 11.6 Å². The summed E-state index contributed by atoms with van der Waals surface area (Å²) in [7, 11) is -1.59. The number of rotatable bonds is 4. The zero-order valence-corrected chi connectivity index (χ0v) is 10.2. The Kier molecular flexibility index (Phi) is 4.71. The summed E-state index contributed by atoms with van der Waals surface area (Å²) in [6.07, 6.45) is 0. The van der Waals surface area contributed by atoms with Gasteiger partial charge in [-0.1, -0.05) is 11.6 Å². The third-order valence-corrected chi connectivity index (χ3v) is 1.91. The van der Waals surface area contributed by atoms with Gasteiger partial charge < -0.3 is 9.16 Å². The van der Waals surface area contributed by atoms with Crippen LogP contribution in [-0.2, 0) is 9.16 Å². The summed E-state index contributed by atoms with van der Waals surface area (Å²) < 4.78 is 10.8. The fraction of sp³-hybridized carbons (Fsp3) is 0.750. The number of hydrogen-bond acceptors (Lipinski definition) is 2. The zero-order chi connectivity index (χ0) is 9.78. The predicted molar refractivity (Wildman–Crippen MR) is 54.6 cm³/mol. The molecular weight excluding hydrogens is 192 g/mol. The van der Waals surface area contributed by atoms with E-state index in [1.54, 1.807) is 6.92 Å². The summed E-state index contributed by atoms with van der Waals surface area (Å²) in [5, 5.41) is 0.583. The molecule has 0 heterocycles. The highest BCUT2D eigenvalue weighted by Crippen LogP contribution is 2.17. The average molecular weight is 209 g/mol. The summed E-state index contributed by atoms with van der Waals surface area (Å²) in [6.45, 7) is 10.5.